The third kappa shape index (κ3) is 5.97. The number of nitrogens with one attached hydrogen (secondary N) is 1. The van der Waals surface area contributed by atoms with Crippen molar-refractivity contribution in [2.24, 2.45) is 0 Å². The number of aryl methyl sites for hydroxylation is 1. The third-order valence-electron chi connectivity index (χ3n) is 5.66. The van der Waals surface area contributed by atoms with Gasteiger partial charge >= 0.3 is 5.97 Å². The van der Waals surface area contributed by atoms with E-state index in [0.717, 1.165) is 55.4 Å². The standard InChI is InChI=1S/C26H30N2O5S/c1-4-5-8-13-33-20-12-11-17(15-21(20)31-2)14-18(16-27)24(29)28-25-23(26(30)32-3)19-9-6-7-10-22(19)34-25/h11-12,14-15H,4-10,13H2,1-3H3,(H,28,29)/b18-14-. The number of amides is 1. The van der Waals surface area contributed by atoms with E-state index in [1.54, 1.807) is 25.3 Å². The first-order valence-electron chi connectivity index (χ1n) is 11.5. The van der Waals surface area contributed by atoms with Crippen LogP contribution in [0.4, 0.5) is 5.00 Å². The maximum absolute atomic E-state index is 12.9. The minimum Gasteiger partial charge on any atom is -0.493 e. The van der Waals surface area contributed by atoms with Crippen LogP contribution < -0.4 is 14.8 Å². The maximum Gasteiger partial charge on any atom is 0.341 e. The Bertz CT molecular complexity index is 1110. The number of hydrogen-bond acceptors (Lipinski definition) is 7. The topological polar surface area (TPSA) is 97.7 Å². The van der Waals surface area contributed by atoms with Crippen LogP contribution in [0.15, 0.2) is 23.8 Å². The van der Waals surface area contributed by atoms with Crippen molar-refractivity contribution in [3.8, 4) is 17.6 Å². The van der Waals surface area contributed by atoms with Crippen LogP contribution in [0, 0.1) is 11.3 Å². The molecule has 0 radical (unpaired) electrons. The molecule has 7 nitrogen and oxygen atoms in total. The first kappa shape index (κ1) is 25.3. The van der Waals surface area contributed by atoms with Gasteiger partial charge in [0.05, 0.1) is 26.4 Å². The van der Waals surface area contributed by atoms with Crippen LogP contribution in [0.3, 0.4) is 0 Å². The zero-order chi connectivity index (χ0) is 24.5. The fourth-order valence-corrected chi connectivity index (χ4v) is 5.16. The van der Waals surface area contributed by atoms with Crippen molar-refractivity contribution in [1.82, 2.24) is 0 Å². The van der Waals surface area contributed by atoms with Crippen molar-refractivity contribution in [3.05, 3.63) is 45.3 Å². The van der Waals surface area contributed by atoms with Crippen LogP contribution in [-0.2, 0) is 22.4 Å². The van der Waals surface area contributed by atoms with Crippen LogP contribution in [0.5, 0.6) is 11.5 Å². The zero-order valence-corrected chi connectivity index (χ0v) is 20.7. The minimum absolute atomic E-state index is 0.0825. The number of nitrogens with zero attached hydrogens (tertiary/aromatic N) is 1. The van der Waals surface area contributed by atoms with E-state index in [9.17, 15) is 14.9 Å². The van der Waals surface area contributed by atoms with E-state index in [4.69, 9.17) is 14.2 Å². The number of rotatable bonds is 10. The number of hydrogen-bond donors (Lipinski definition) is 1. The lowest BCUT2D eigenvalue weighted by Crippen LogP contribution is -2.16. The number of methoxy groups -OCH3 is 2. The molecule has 3 rings (SSSR count). The Morgan fingerprint density at radius 2 is 1.97 bits per heavy atom. The smallest absolute Gasteiger partial charge is 0.341 e. The molecule has 1 heterocycles. The maximum atomic E-state index is 12.9. The van der Waals surface area contributed by atoms with Crippen molar-refractivity contribution in [2.45, 2.75) is 51.9 Å². The highest BCUT2D eigenvalue weighted by molar-refractivity contribution is 7.17. The number of anilines is 1. The molecular weight excluding hydrogens is 452 g/mol. The molecule has 8 heteroatoms. The molecule has 180 valence electrons. The van der Waals surface area contributed by atoms with E-state index in [0.29, 0.717) is 34.2 Å². The quantitative estimate of drug-likeness (QED) is 0.207. The number of unbranched alkanes of at least 4 members (excludes halogenated alkanes) is 2. The van der Waals surface area contributed by atoms with E-state index in [1.807, 2.05) is 6.07 Å². The van der Waals surface area contributed by atoms with Crippen LogP contribution in [0.1, 0.15) is 65.4 Å². The molecule has 1 amide bonds. The van der Waals surface area contributed by atoms with E-state index < -0.39 is 11.9 Å². The first-order valence-corrected chi connectivity index (χ1v) is 12.3. The highest BCUT2D eigenvalue weighted by atomic mass is 32.1. The van der Waals surface area contributed by atoms with Gasteiger partial charge < -0.3 is 19.5 Å². The fourth-order valence-electron chi connectivity index (χ4n) is 3.89. The molecule has 0 bridgehead atoms. The second-order valence-corrected chi connectivity index (χ2v) is 9.10. The van der Waals surface area contributed by atoms with Gasteiger partial charge in [0.25, 0.3) is 5.91 Å². The van der Waals surface area contributed by atoms with E-state index in [2.05, 4.69) is 12.2 Å². The van der Waals surface area contributed by atoms with Gasteiger partial charge in [-0.25, -0.2) is 4.79 Å². The monoisotopic (exact) mass is 482 g/mol. The van der Waals surface area contributed by atoms with Crippen molar-refractivity contribution in [3.63, 3.8) is 0 Å². The molecule has 1 aromatic carbocycles. The average molecular weight is 483 g/mol. The second kappa shape index (κ2) is 12.2. The fraction of sp³-hybridized carbons (Fsp3) is 0.423. The SMILES string of the molecule is CCCCCOc1ccc(/C=C(/C#N)C(=O)Nc2sc3c(c2C(=O)OC)CCCC3)cc1OC. The summed E-state index contributed by atoms with van der Waals surface area (Å²) in [5.74, 6) is 0.0917. The number of benzene rings is 1. The van der Waals surface area contributed by atoms with Crippen molar-refractivity contribution >= 4 is 34.3 Å². The highest BCUT2D eigenvalue weighted by Gasteiger charge is 2.27. The molecular formula is C26H30N2O5S. The van der Waals surface area contributed by atoms with Gasteiger partial charge in [-0.15, -0.1) is 11.3 Å². The molecule has 1 N–H and O–H groups in total. The molecule has 0 unspecified atom stereocenters. The van der Waals surface area contributed by atoms with E-state index in [-0.39, 0.29) is 5.57 Å². The van der Waals surface area contributed by atoms with E-state index in [1.165, 1.54) is 24.5 Å². The first-order chi connectivity index (χ1) is 16.5. The Morgan fingerprint density at radius 3 is 2.68 bits per heavy atom. The molecule has 0 saturated carbocycles. The molecule has 1 aliphatic rings. The number of fused-ring (bicyclic) bond motifs is 1. The summed E-state index contributed by atoms with van der Waals surface area (Å²) in [5, 5.41) is 12.8. The molecule has 0 aliphatic heterocycles. The van der Waals surface area contributed by atoms with Gasteiger partial charge in [0, 0.05) is 4.88 Å². The van der Waals surface area contributed by atoms with Crippen LogP contribution in [0.2, 0.25) is 0 Å². The molecule has 0 spiro atoms. The Morgan fingerprint density at radius 1 is 1.18 bits per heavy atom. The van der Waals surface area contributed by atoms with Gasteiger partial charge in [-0.3, -0.25) is 4.79 Å². The summed E-state index contributed by atoms with van der Waals surface area (Å²) in [6, 6.07) is 7.23. The van der Waals surface area contributed by atoms with E-state index >= 15 is 0 Å². The van der Waals surface area contributed by atoms with Gasteiger partial charge in [0.15, 0.2) is 11.5 Å². The number of ether oxygens (including phenoxy) is 3. The lowest BCUT2D eigenvalue weighted by molar-refractivity contribution is -0.112. The molecule has 0 atom stereocenters. The Hall–Kier alpha value is -3.31. The highest BCUT2D eigenvalue weighted by Crippen LogP contribution is 2.39. The summed E-state index contributed by atoms with van der Waals surface area (Å²) in [7, 11) is 2.87. The molecule has 1 aromatic heterocycles. The number of esters is 1. The molecule has 2 aromatic rings. The van der Waals surface area contributed by atoms with Gasteiger partial charge in [-0.2, -0.15) is 5.26 Å². The number of carbonyl (C=O) groups is 2. The number of nitriles is 1. The van der Waals surface area contributed by atoms with Crippen molar-refractivity contribution in [1.29, 1.82) is 5.26 Å². The van der Waals surface area contributed by atoms with Crippen molar-refractivity contribution in [2.75, 3.05) is 26.1 Å². The van der Waals surface area contributed by atoms with Gasteiger partial charge in [-0.05, 0) is 61.4 Å². The molecule has 0 fully saturated rings. The Balaban J connectivity index is 1.81. The summed E-state index contributed by atoms with van der Waals surface area (Å²) < 4.78 is 16.2. The van der Waals surface area contributed by atoms with Gasteiger partial charge in [0.1, 0.15) is 16.6 Å². The zero-order valence-electron chi connectivity index (χ0n) is 19.9. The van der Waals surface area contributed by atoms with Crippen molar-refractivity contribution < 1.29 is 23.8 Å². The van der Waals surface area contributed by atoms with Crippen LogP contribution in [0.25, 0.3) is 6.08 Å². The summed E-state index contributed by atoms with van der Waals surface area (Å²) in [6.07, 6.45) is 8.33. The number of carbonyl (C=O) groups excluding carboxylic acids is 2. The Labute approximate surface area is 204 Å². The predicted molar refractivity (Wildman–Crippen MR) is 133 cm³/mol. The van der Waals surface area contributed by atoms with Crippen LogP contribution >= 0.6 is 11.3 Å². The summed E-state index contributed by atoms with van der Waals surface area (Å²) in [5.41, 5.74) is 1.89. The van der Waals surface area contributed by atoms with Gasteiger partial charge in [0.2, 0.25) is 0 Å². The second-order valence-electron chi connectivity index (χ2n) is 8.00. The normalized spacial score (nSPS) is 12.9. The summed E-state index contributed by atoms with van der Waals surface area (Å²) >= 11 is 1.38. The molecule has 0 saturated heterocycles. The minimum atomic E-state index is -0.579. The summed E-state index contributed by atoms with van der Waals surface area (Å²) in [6.45, 7) is 2.73. The largest absolute Gasteiger partial charge is 0.493 e. The lowest BCUT2D eigenvalue weighted by Gasteiger charge is -2.12. The van der Waals surface area contributed by atoms with Crippen LogP contribution in [-0.4, -0.2) is 32.7 Å². The predicted octanol–water partition coefficient (Wildman–Crippen LogP) is 5.54. The average Bonchev–Trinajstić information content (AvgIpc) is 3.22. The van der Waals surface area contributed by atoms with Gasteiger partial charge in [-0.1, -0.05) is 25.8 Å². The molecule has 1 aliphatic carbocycles. The molecule has 34 heavy (non-hydrogen) atoms. The summed E-state index contributed by atoms with van der Waals surface area (Å²) in [4.78, 5) is 26.5. The Kier molecular flexibility index (Phi) is 9.11. The lowest BCUT2D eigenvalue weighted by atomic mass is 9.95. The third-order valence-corrected chi connectivity index (χ3v) is 6.86. The number of thiophene rings is 1.